The van der Waals surface area contributed by atoms with Gasteiger partial charge in [-0.25, -0.2) is 19.0 Å². The largest absolute Gasteiger partial charge is 0.435 e. The van der Waals surface area contributed by atoms with E-state index in [9.17, 15) is 22.4 Å². The number of alkyl halides is 3. The molecular weight excluding hydrogens is 418 g/mol. The monoisotopic (exact) mass is 435 g/mol. The van der Waals surface area contributed by atoms with E-state index in [0.29, 0.717) is 36.6 Å². The zero-order valence-corrected chi connectivity index (χ0v) is 16.1. The smallest absolute Gasteiger partial charge is 0.348 e. The number of piperidine rings is 1. The van der Waals surface area contributed by atoms with Gasteiger partial charge in [0.05, 0.1) is 5.69 Å². The minimum atomic E-state index is -4.92. The van der Waals surface area contributed by atoms with Crippen LogP contribution in [0.3, 0.4) is 0 Å². The molecular formula is C19H17F4N7O. The van der Waals surface area contributed by atoms with Gasteiger partial charge < -0.3 is 10.2 Å². The van der Waals surface area contributed by atoms with Crippen molar-refractivity contribution in [3.63, 3.8) is 0 Å². The Balaban J connectivity index is 1.50. The van der Waals surface area contributed by atoms with Crippen molar-refractivity contribution < 1.29 is 22.4 Å². The molecule has 0 bridgehead atoms. The van der Waals surface area contributed by atoms with Gasteiger partial charge in [0.1, 0.15) is 5.82 Å². The third kappa shape index (κ3) is 4.47. The van der Waals surface area contributed by atoms with Gasteiger partial charge in [-0.1, -0.05) is 11.3 Å². The first-order chi connectivity index (χ1) is 14.8. The highest BCUT2D eigenvalue weighted by atomic mass is 19.4. The second kappa shape index (κ2) is 8.28. The van der Waals surface area contributed by atoms with Crippen LogP contribution < -0.4 is 10.2 Å². The van der Waals surface area contributed by atoms with Crippen LogP contribution in [0.5, 0.6) is 0 Å². The van der Waals surface area contributed by atoms with E-state index in [4.69, 9.17) is 0 Å². The van der Waals surface area contributed by atoms with E-state index < -0.39 is 29.3 Å². The first-order valence-corrected chi connectivity index (χ1v) is 9.44. The van der Waals surface area contributed by atoms with Gasteiger partial charge in [0.15, 0.2) is 11.4 Å². The Morgan fingerprint density at radius 3 is 2.45 bits per heavy atom. The van der Waals surface area contributed by atoms with Crippen LogP contribution in [0.25, 0.3) is 5.69 Å². The average Bonchev–Trinajstić information content (AvgIpc) is 3.21. The van der Waals surface area contributed by atoms with Gasteiger partial charge in [-0.15, -0.1) is 5.10 Å². The summed E-state index contributed by atoms with van der Waals surface area (Å²) < 4.78 is 55.0. The topological polar surface area (TPSA) is 88.8 Å². The molecule has 0 saturated carbocycles. The number of carbonyl (C=O) groups excluding carboxylic acids is 1. The Morgan fingerprint density at radius 2 is 1.81 bits per heavy atom. The molecule has 4 rings (SSSR count). The van der Waals surface area contributed by atoms with Gasteiger partial charge in [-0.2, -0.15) is 13.2 Å². The number of anilines is 1. The van der Waals surface area contributed by atoms with Crippen molar-refractivity contribution >= 4 is 11.9 Å². The van der Waals surface area contributed by atoms with Crippen LogP contribution in [0.1, 0.15) is 29.0 Å². The summed E-state index contributed by atoms with van der Waals surface area (Å²) >= 11 is 0. The third-order valence-corrected chi connectivity index (χ3v) is 4.87. The molecule has 12 heteroatoms. The van der Waals surface area contributed by atoms with Crippen LogP contribution in [-0.4, -0.2) is 50.0 Å². The average molecular weight is 435 g/mol. The lowest BCUT2D eigenvalue weighted by molar-refractivity contribution is -0.143. The summed E-state index contributed by atoms with van der Waals surface area (Å²) in [6, 6.07) is 5.83. The molecule has 8 nitrogen and oxygen atoms in total. The molecule has 2 aromatic heterocycles. The number of hydrogen-bond donors (Lipinski definition) is 1. The fraction of sp³-hybridized carbons (Fsp3) is 0.316. The van der Waals surface area contributed by atoms with Crippen LogP contribution in [0.4, 0.5) is 23.5 Å². The van der Waals surface area contributed by atoms with Crippen molar-refractivity contribution in [2.45, 2.75) is 25.1 Å². The fourth-order valence-electron chi connectivity index (χ4n) is 3.41. The quantitative estimate of drug-likeness (QED) is 0.634. The first-order valence-electron chi connectivity index (χ1n) is 9.44. The number of nitrogens with zero attached hydrogens (tertiary/aromatic N) is 6. The summed E-state index contributed by atoms with van der Waals surface area (Å²) in [4.78, 5) is 22.9. The SMILES string of the molecule is O=C(NC1CCN(c2ncccn2)CC1)c1nnn(-c2cccc(F)c2)c1C(F)(F)F. The predicted octanol–water partition coefficient (Wildman–Crippen LogP) is 2.61. The molecule has 0 spiro atoms. The van der Waals surface area contributed by atoms with Crippen molar-refractivity contribution in [3.8, 4) is 5.69 Å². The van der Waals surface area contributed by atoms with E-state index in [2.05, 4.69) is 25.6 Å². The highest BCUT2D eigenvalue weighted by Crippen LogP contribution is 2.33. The normalized spacial score (nSPS) is 15.2. The number of rotatable bonds is 4. The van der Waals surface area contributed by atoms with Crippen LogP contribution in [0.15, 0.2) is 42.7 Å². The molecule has 3 heterocycles. The molecule has 3 aromatic rings. The molecule has 0 aliphatic carbocycles. The second-order valence-electron chi connectivity index (χ2n) is 6.96. The van der Waals surface area contributed by atoms with E-state index in [1.807, 2.05) is 4.90 Å². The van der Waals surface area contributed by atoms with E-state index in [1.165, 1.54) is 12.1 Å². The summed E-state index contributed by atoms with van der Waals surface area (Å²) in [7, 11) is 0. The molecule has 1 aliphatic heterocycles. The molecule has 162 valence electrons. The molecule has 0 radical (unpaired) electrons. The zero-order chi connectivity index (χ0) is 22.0. The van der Waals surface area contributed by atoms with E-state index in [-0.39, 0.29) is 11.7 Å². The molecule has 1 amide bonds. The summed E-state index contributed by atoms with van der Waals surface area (Å²) in [6.07, 6.45) is -0.670. The minimum Gasteiger partial charge on any atom is -0.348 e. The number of amides is 1. The number of benzene rings is 1. The number of hydrogen-bond acceptors (Lipinski definition) is 6. The van der Waals surface area contributed by atoms with Crippen molar-refractivity contribution in [2.75, 3.05) is 18.0 Å². The minimum absolute atomic E-state index is 0.185. The van der Waals surface area contributed by atoms with Crippen molar-refractivity contribution in [2.24, 2.45) is 0 Å². The molecule has 1 saturated heterocycles. The van der Waals surface area contributed by atoms with Crippen molar-refractivity contribution in [1.29, 1.82) is 0 Å². The Labute approximate surface area is 173 Å². The Kier molecular flexibility index (Phi) is 5.53. The van der Waals surface area contributed by atoms with Crippen LogP contribution in [0.2, 0.25) is 0 Å². The molecule has 1 fully saturated rings. The number of carbonyl (C=O) groups is 1. The van der Waals surface area contributed by atoms with E-state index in [1.54, 1.807) is 18.5 Å². The van der Waals surface area contributed by atoms with Gasteiger partial charge in [0.2, 0.25) is 5.95 Å². The summed E-state index contributed by atoms with van der Waals surface area (Å²) in [6.45, 7) is 1.08. The Morgan fingerprint density at radius 1 is 1.10 bits per heavy atom. The molecule has 1 N–H and O–H groups in total. The van der Waals surface area contributed by atoms with Gasteiger partial charge in [-0.05, 0) is 37.1 Å². The number of halogens is 4. The summed E-state index contributed by atoms with van der Waals surface area (Å²) in [5.41, 5.74) is -2.40. The maximum absolute atomic E-state index is 13.7. The first kappa shape index (κ1) is 20.7. The lowest BCUT2D eigenvalue weighted by atomic mass is 10.0. The van der Waals surface area contributed by atoms with Gasteiger partial charge >= 0.3 is 6.18 Å². The lowest BCUT2D eigenvalue weighted by Crippen LogP contribution is -2.45. The summed E-state index contributed by atoms with van der Waals surface area (Å²) in [5, 5.41) is 9.50. The van der Waals surface area contributed by atoms with Crippen molar-refractivity contribution in [3.05, 3.63) is 59.9 Å². The fourth-order valence-corrected chi connectivity index (χ4v) is 3.41. The molecule has 0 atom stereocenters. The van der Waals surface area contributed by atoms with E-state index >= 15 is 0 Å². The van der Waals surface area contributed by atoms with Gasteiger partial charge in [-0.3, -0.25) is 4.79 Å². The molecule has 1 aromatic carbocycles. The highest BCUT2D eigenvalue weighted by Gasteiger charge is 2.42. The number of aromatic nitrogens is 5. The lowest BCUT2D eigenvalue weighted by Gasteiger charge is -2.32. The molecule has 31 heavy (non-hydrogen) atoms. The zero-order valence-electron chi connectivity index (χ0n) is 16.1. The molecule has 1 aliphatic rings. The standard InChI is InChI=1S/C19H17F4N7O/c20-12-3-1-4-14(11-12)30-16(19(21,22)23)15(27-28-30)17(31)26-13-5-9-29(10-6-13)18-24-7-2-8-25-18/h1-4,7-8,11,13H,5-6,9-10H2,(H,26,31). The van der Waals surface area contributed by atoms with Gasteiger partial charge in [0, 0.05) is 31.5 Å². The van der Waals surface area contributed by atoms with Crippen LogP contribution >= 0.6 is 0 Å². The number of nitrogens with one attached hydrogen (secondary N) is 1. The maximum Gasteiger partial charge on any atom is 0.435 e. The van der Waals surface area contributed by atoms with E-state index in [0.717, 1.165) is 12.1 Å². The highest BCUT2D eigenvalue weighted by molar-refractivity contribution is 5.93. The summed E-state index contributed by atoms with van der Waals surface area (Å²) in [5.74, 6) is -1.16. The van der Waals surface area contributed by atoms with Crippen molar-refractivity contribution in [1.82, 2.24) is 30.3 Å². The third-order valence-electron chi connectivity index (χ3n) is 4.87. The maximum atomic E-state index is 13.7. The Hall–Kier alpha value is -3.57. The van der Waals surface area contributed by atoms with Crippen LogP contribution in [-0.2, 0) is 6.18 Å². The second-order valence-corrected chi connectivity index (χ2v) is 6.96. The predicted molar refractivity (Wildman–Crippen MR) is 101 cm³/mol. The Bertz CT molecular complexity index is 1060. The van der Waals surface area contributed by atoms with Gasteiger partial charge in [0.25, 0.3) is 5.91 Å². The van der Waals surface area contributed by atoms with Crippen LogP contribution in [0, 0.1) is 5.82 Å². The molecule has 0 unspecified atom stereocenters.